The monoisotopic (exact) mass is 358 g/mol. The number of hydrogen-bond acceptors (Lipinski definition) is 5. The van der Waals surface area contributed by atoms with Gasteiger partial charge in [0.2, 0.25) is 0 Å². The Kier molecular flexibility index (Phi) is 6.20. The van der Waals surface area contributed by atoms with Crippen LogP contribution in [0.1, 0.15) is 19.8 Å². The fraction of sp³-hybridized carbons (Fsp3) is 0.714. The molecule has 6 nitrogen and oxygen atoms in total. The molecule has 0 spiro atoms. The van der Waals surface area contributed by atoms with Gasteiger partial charge in [-0.3, -0.25) is 4.79 Å². The van der Waals surface area contributed by atoms with Crippen molar-refractivity contribution in [1.82, 2.24) is 14.7 Å². The third kappa shape index (κ3) is 4.52. The van der Waals surface area contributed by atoms with E-state index in [2.05, 4.69) is 38.2 Å². The van der Waals surface area contributed by atoms with Crippen LogP contribution in [0.3, 0.4) is 0 Å². The molecule has 2 heterocycles. The van der Waals surface area contributed by atoms with E-state index >= 15 is 0 Å². The van der Waals surface area contributed by atoms with Crippen molar-refractivity contribution in [3.63, 3.8) is 0 Å². The zero-order valence-electron chi connectivity index (χ0n) is 12.4. The van der Waals surface area contributed by atoms with Gasteiger partial charge in [0.05, 0.1) is 25.0 Å². The molecule has 118 valence electrons. The third-order valence-electron chi connectivity index (χ3n) is 3.71. The smallest absolute Gasteiger partial charge is 0.283 e. The molecular weight excluding hydrogens is 336 g/mol. The van der Waals surface area contributed by atoms with Crippen LogP contribution in [-0.2, 0) is 6.54 Å². The summed E-state index contributed by atoms with van der Waals surface area (Å²) in [5, 5.41) is 16.2. The van der Waals surface area contributed by atoms with Gasteiger partial charge in [-0.15, -0.1) is 0 Å². The average molecular weight is 359 g/mol. The number of halogens is 1. The Bertz CT molecular complexity index is 514. The SMILES string of the molecule is CC(CNc1cnn(CCO)c(=O)c1Br)CN1CCCC1. The van der Waals surface area contributed by atoms with Crippen LogP contribution in [0.2, 0.25) is 0 Å². The first kappa shape index (κ1) is 16.5. The van der Waals surface area contributed by atoms with Gasteiger partial charge in [0, 0.05) is 13.1 Å². The van der Waals surface area contributed by atoms with E-state index in [0.717, 1.165) is 13.1 Å². The van der Waals surface area contributed by atoms with Crippen LogP contribution in [0.15, 0.2) is 15.5 Å². The van der Waals surface area contributed by atoms with Crippen LogP contribution < -0.4 is 10.9 Å². The van der Waals surface area contributed by atoms with Gasteiger partial charge in [-0.2, -0.15) is 5.10 Å². The number of nitrogens with one attached hydrogen (secondary N) is 1. The van der Waals surface area contributed by atoms with Crippen molar-refractivity contribution in [2.24, 2.45) is 5.92 Å². The highest BCUT2D eigenvalue weighted by atomic mass is 79.9. The second-order valence-corrected chi connectivity index (χ2v) is 6.41. The van der Waals surface area contributed by atoms with E-state index in [1.807, 2.05) is 0 Å². The van der Waals surface area contributed by atoms with Crippen molar-refractivity contribution < 1.29 is 5.11 Å². The molecule has 1 atom stereocenters. The Balaban J connectivity index is 1.90. The van der Waals surface area contributed by atoms with Crippen LogP contribution in [0.5, 0.6) is 0 Å². The first-order chi connectivity index (χ1) is 10.1. The highest BCUT2D eigenvalue weighted by molar-refractivity contribution is 9.10. The summed E-state index contributed by atoms with van der Waals surface area (Å²) in [5.41, 5.74) is 0.490. The zero-order chi connectivity index (χ0) is 15.2. The normalized spacial score (nSPS) is 17.1. The van der Waals surface area contributed by atoms with Crippen LogP contribution in [0.4, 0.5) is 5.69 Å². The summed E-state index contributed by atoms with van der Waals surface area (Å²) in [5.74, 6) is 0.509. The molecule has 1 aliphatic rings. The number of aliphatic hydroxyl groups is 1. The number of likely N-dealkylation sites (tertiary alicyclic amines) is 1. The number of hydrogen-bond donors (Lipinski definition) is 2. The van der Waals surface area contributed by atoms with Crippen LogP contribution in [0, 0.1) is 5.92 Å². The molecule has 0 bridgehead atoms. The van der Waals surface area contributed by atoms with E-state index in [0.29, 0.717) is 16.1 Å². The summed E-state index contributed by atoms with van der Waals surface area (Å²) in [6.07, 6.45) is 4.24. The van der Waals surface area contributed by atoms with Gasteiger partial charge >= 0.3 is 0 Å². The molecule has 2 N–H and O–H groups in total. The van der Waals surface area contributed by atoms with E-state index < -0.39 is 0 Å². The Hall–Kier alpha value is -0.920. The van der Waals surface area contributed by atoms with Gasteiger partial charge in [-0.1, -0.05) is 6.92 Å². The molecule has 0 aromatic carbocycles. The molecule has 0 radical (unpaired) electrons. The molecule has 0 aliphatic carbocycles. The van der Waals surface area contributed by atoms with Gasteiger partial charge in [0.25, 0.3) is 5.56 Å². The minimum atomic E-state index is -0.221. The van der Waals surface area contributed by atoms with Gasteiger partial charge in [0.15, 0.2) is 0 Å². The maximum Gasteiger partial charge on any atom is 0.283 e. The van der Waals surface area contributed by atoms with Gasteiger partial charge in [-0.25, -0.2) is 4.68 Å². The topological polar surface area (TPSA) is 70.4 Å². The van der Waals surface area contributed by atoms with Crippen molar-refractivity contribution in [1.29, 1.82) is 0 Å². The quantitative estimate of drug-likeness (QED) is 0.764. The summed E-state index contributed by atoms with van der Waals surface area (Å²) in [7, 11) is 0. The Morgan fingerprint density at radius 1 is 1.48 bits per heavy atom. The van der Waals surface area contributed by atoms with Gasteiger partial charge < -0.3 is 15.3 Å². The number of anilines is 1. The lowest BCUT2D eigenvalue weighted by Crippen LogP contribution is -2.30. The van der Waals surface area contributed by atoms with E-state index in [1.54, 1.807) is 6.20 Å². The van der Waals surface area contributed by atoms with Crippen molar-refractivity contribution in [2.75, 3.05) is 38.1 Å². The van der Waals surface area contributed by atoms with Crippen molar-refractivity contribution in [2.45, 2.75) is 26.3 Å². The third-order valence-corrected chi connectivity index (χ3v) is 4.47. The molecule has 1 unspecified atom stereocenters. The molecule has 1 saturated heterocycles. The summed E-state index contributed by atoms with van der Waals surface area (Å²) >= 11 is 3.31. The first-order valence-corrected chi connectivity index (χ1v) is 8.24. The molecular formula is C14H23BrN4O2. The molecule has 0 saturated carbocycles. The minimum absolute atomic E-state index is 0.0982. The molecule has 2 rings (SSSR count). The minimum Gasteiger partial charge on any atom is -0.394 e. The highest BCUT2D eigenvalue weighted by Crippen LogP contribution is 2.17. The Morgan fingerprint density at radius 2 is 2.19 bits per heavy atom. The van der Waals surface area contributed by atoms with Crippen LogP contribution >= 0.6 is 15.9 Å². The number of aliphatic hydroxyl groups excluding tert-OH is 1. The number of nitrogens with zero attached hydrogens (tertiary/aromatic N) is 3. The largest absolute Gasteiger partial charge is 0.394 e. The zero-order valence-corrected chi connectivity index (χ0v) is 14.0. The van der Waals surface area contributed by atoms with Crippen molar-refractivity contribution >= 4 is 21.6 Å². The molecule has 0 amide bonds. The predicted octanol–water partition coefficient (Wildman–Crippen LogP) is 1.14. The van der Waals surface area contributed by atoms with Gasteiger partial charge in [-0.05, 0) is 47.8 Å². The second kappa shape index (κ2) is 7.91. The summed E-state index contributed by atoms with van der Waals surface area (Å²) in [4.78, 5) is 14.5. The van der Waals surface area contributed by atoms with Crippen molar-refractivity contribution in [3.05, 3.63) is 21.0 Å². The summed E-state index contributed by atoms with van der Waals surface area (Å²) < 4.78 is 1.72. The number of rotatable bonds is 7. The molecule has 1 fully saturated rings. The fourth-order valence-corrected chi connectivity index (χ4v) is 3.04. The second-order valence-electron chi connectivity index (χ2n) is 5.62. The summed E-state index contributed by atoms with van der Waals surface area (Å²) in [6.45, 7) is 6.61. The maximum atomic E-state index is 12.0. The predicted molar refractivity (Wildman–Crippen MR) is 86.6 cm³/mol. The van der Waals surface area contributed by atoms with E-state index in [-0.39, 0.29) is 18.7 Å². The lowest BCUT2D eigenvalue weighted by Gasteiger charge is -2.21. The lowest BCUT2D eigenvalue weighted by atomic mass is 10.1. The van der Waals surface area contributed by atoms with E-state index in [4.69, 9.17) is 5.11 Å². The molecule has 7 heteroatoms. The van der Waals surface area contributed by atoms with Gasteiger partial charge in [0.1, 0.15) is 4.47 Å². The lowest BCUT2D eigenvalue weighted by molar-refractivity contribution is 0.266. The Labute approximate surface area is 133 Å². The van der Waals surface area contributed by atoms with E-state index in [9.17, 15) is 4.79 Å². The standard InChI is InChI=1S/C14H23BrN4O2/c1-11(10-18-4-2-3-5-18)8-16-12-9-17-19(6-7-20)14(21)13(12)15/h9,11,16,20H,2-8,10H2,1H3. The first-order valence-electron chi connectivity index (χ1n) is 7.44. The molecule has 1 aliphatic heterocycles. The highest BCUT2D eigenvalue weighted by Gasteiger charge is 2.15. The van der Waals surface area contributed by atoms with Crippen LogP contribution in [0.25, 0.3) is 0 Å². The van der Waals surface area contributed by atoms with Crippen molar-refractivity contribution in [3.8, 4) is 0 Å². The molecule has 1 aromatic rings. The molecule has 21 heavy (non-hydrogen) atoms. The molecule has 1 aromatic heterocycles. The Morgan fingerprint density at radius 3 is 2.86 bits per heavy atom. The fourth-order valence-electron chi connectivity index (χ4n) is 2.60. The maximum absolute atomic E-state index is 12.0. The van der Waals surface area contributed by atoms with Crippen LogP contribution in [-0.4, -0.2) is 52.6 Å². The average Bonchev–Trinajstić information content (AvgIpc) is 2.96. The number of aromatic nitrogens is 2. The van der Waals surface area contributed by atoms with E-state index in [1.165, 1.54) is 30.6 Å². The summed E-state index contributed by atoms with van der Waals surface area (Å²) in [6, 6.07) is 0.